The molecule has 2 atom stereocenters. The number of fused-ring (bicyclic) bond motifs is 2. The van der Waals surface area contributed by atoms with Crippen LogP contribution in [0.25, 0.3) is 16.0 Å². The summed E-state index contributed by atoms with van der Waals surface area (Å²) in [5, 5.41) is 21.7. The number of amides is 1. The number of carbonyl (C=O) groups is 2. The molecule has 0 saturated carbocycles. The molecule has 186 valence electrons. The lowest BCUT2D eigenvalue weighted by Gasteiger charge is -2.23. The fraction of sp³-hybridized carbons (Fsp3) is 0.207. The number of rotatable bonds is 3. The first kappa shape index (κ1) is 23.2. The average Bonchev–Trinajstić information content (AvgIpc) is 3.52. The Hall–Kier alpha value is -4.17. The van der Waals surface area contributed by atoms with E-state index >= 15 is 0 Å². The van der Waals surface area contributed by atoms with Crippen molar-refractivity contribution in [3.05, 3.63) is 88.0 Å². The van der Waals surface area contributed by atoms with Crippen LogP contribution in [-0.2, 0) is 16.0 Å². The first-order chi connectivity index (χ1) is 17.7. The van der Waals surface area contributed by atoms with E-state index in [0.29, 0.717) is 22.7 Å². The number of benzene rings is 3. The highest BCUT2D eigenvalue weighted by atomic mass is 32.1. The maximum atomic E-state index is 13.5. The number of aromatic nitrogens is 1. The molecule has 37 heavy (non-hydrogen) atoms. The molecule has 1 saturated heterocycles. The summed E-state index contributed by atoms with van der Waals surface area (Å²) in [4.78, 5) is 33.1. The van der Waals surface area contributed by atoms with Gasteiger partial charge in [-0.3, -0.25) is 14.5 Å². The third-order valence-electron chi connectivity index (χ3n) is 6.85. The number of phenolic OH excluding ortho intramolecular Hbond substituents is 1. The number of nitrogens with zero attached hydrogens (tertiary/aromatic N) is 2. The Balaban J connectivity index is 1.54. The highest BCUT2D eigenvalue weighted by Gasteiger charge is 2.48. The van der Waals surface area contributed by atoms with Gasteiger partial charge in [0.2, 0.25) is 0 Å². The summed E-state index contributed by atoms with van der Waals surface area (Å²) in [6, 6.07) is 14.7. The van der Waals surface area contributed by atoms with Crippen molar-refractivity contribution in [2.24, 2.45) is 0 Å². The maximum absolute atomic E-state index is 13.5. The van der Waals surface area contributed by atoms with Gasteiger partial charge in [-0.15, -0.1) is 0 Å². The first-order valence-corrected chi connectivity index (χ1v) is 12.8. The predicted molar refractivity (Wildman–Crippen MR) is 142 cm³/mol. The molecule has 0 unspecified atom stereocenters. The van der Waals surface area contributed by atoms with Gasteiger partial charge in [0.25, 0.3) is 5.78 Å². The van der Waals surface area contributed by atoms with Gasteiger partial charge in [-0.2, -0.15) is 0 Å². The molecule has 0 bridgehead atoms. The molecule has 2 N–H and O–H groups in total. The van der Waals surface area contributed by atoms with Gasteiger partial charge in [-0.25, -0.2) is 4.98 Å². The number of aliphatic hydroxyl groups excluding tert-OH is 1. The number of anilines is 1. The zero-order valence-electron chi connectivity index (χ0n) is 20.5. The van der Waals surface area contributed by atoms with Crippen LogP contribution in [0.5, 0.6) is 11.5 Å². The van der Waals surface area contributed by atoms with Crippen molar-refractivity contribution in [3.8, 4) is 11.5 Å². The Morgan fingerprint density at radius 3 is 2.59 bits per heavy atom. The van der Waals surface area contributed by atoms with Crippen molar-refractivity contribution < 1.29 is 24.5 Å². The molecule has 1 aromatic heterocycles. The van der Waals surface area contributed by atoms with E-state index in [0.717, 1.165) is 32.7 Å². The number of ether oxygens (including phenoxy) is 1. The number of ketones is 1. The van der Waals surface area contributed by atoms with Gasteiger partial charge >= 0.3 is 5.91 Å². The lowest BCUT2D eigenvalue weighted by molar-refractivity contribution is -0.132. The normalized spacial score (nSPS) is 20.5. The zero-order chi connectivity index (χ0) is 26.0. The molecule has 7 nitrogen and oxygen atoms in total. The molecule has 0 aliphatic carbocycles. The van der Waals surface area contributed by atoms with Crippen molar-refractivity contribution in [1.82, 2.24) is 4.98 Å². The minimum absolute atomic E-state index is 0.0187. The van der Waals surface area contributed by atoms with E-state index < -0.39 is 17.7 Å². The molecule has 2 aliphatic rings. The van der Waals surface area contributed by atoms with Crippen LogP contribution >= 0.6 is 11.3 Å². The van der Waals surface area contributed by atoms with E-state index in [9.17, 15) is 19.8 Å². The van der Waals surface area contributed by atoms with Crippen LogP contribution in [0.15, 0.2) is 60.2 Å². The van der Waals surface area contributed by atoms with E-state index in [-0.39, 0.29) is 23.2 Å². The van der Waals surface area contributed by atoms with Crippen molar-refractivity contribution in [2.75, 3.05) is 4.90 Å². The number of carbonyl (C=O) groups excluding carboxylic acids is 2. The molecular formula is C29H24N2O5S. The third kappa shape index (κ3) is 3.76. The van der Waals surface area contributed by atoms with Gasteiger partial charge in [-0.1, -0.05) is 29.5 Å². The number of aryl methyl sites for hydroxylation is 2. The third-order valence-corrected chi connectivity index (χ3v) is 7.85. The fourth-order valence-corrected chi connectivity index (χ4v) is 6.36. The summed E-state index contributed by atoms with van der Waals surface area (Å²) in [5.74, 6) is -0.993. The molecule has 2 aliphatic heterocycles. The van der Waals surface area contributed by atoms with Gasteiger partial charge < -0.3 is 14.9 Å². The summed E-state index contributed by atoms with van der Waals surface area (Å²) < 4.78 is 6.68. The van der Waals surface area contributed by atoms with Crippen molar-refractivity contribution in [3.63, 3.8) is 0 Å². The SMILES string of the molecule is Cc1cc(C)c2nc(N3C(=O)C(=O)C(=C(O)c4ccc5c(c4)C[C@@H](C)O5)[C@H]3c3ccc(O)cc3)sc2c1. The predicted octanol–water partition coefficient (Wildman–Crippen LogP) is 5.57. The smallest absolute Gasteiger partial charge is 0.301 e. The number of hydrogen-bond acceptors (Lipinski definition) is 7. The van der Waals surface area contributed by atoms with Gasteiger partial charge in [0, 0.05) is 12.0 Å². The lowest BCUT2D eigenvalue weighted by atomic mass is 9.94. The minimum atomic E-state index is -0.911. The Labute approximate surface area is 217 Å². The number of phenols is 1. The minimum Gasteiger partial charge on any atom is -0.508 e. The summed E-state index contributed by atoms with van der Waals surface area (Å²) in [6.45, 7) is 5.93. The molecule has 3 aromatic carbocycles. The number of thiazole rings is 1. The van der Waals surface area contributed by atoms with E-state index in [1.54, 1.807) is 30.3 Å². The van der Waals surface area contributed by atoms with Crippen molar-refractivity contribution in [2.45, 2.75) is 39.3 Å². The number of hydrogen-bond donors (Lipinski definition) is 2. The van der Waals surface area contributed by atoms with Crippen molar-refractivity contribution in [1.29, 1.82) is 0 Å². The Kier molecular flexibility index (Phi) is 5.31. The number of Topliss-reactive ketones (excluding diaryl/α,β-unsaturated/α-hetero) is 1. The van der Waals surface area contributed by atoms with Gasteiger partial charge in [0.15, 0.2) is 5.13 Å². The van der Waals surface area contributed by atoms with Crippen LogP contribution in [-0.4, -0.2) is 33.0 Å². The molecule has 8 heteroatoms. The molecule has 0 radical (unpaired) electrons. The standard InChI is InChI=1S/C29H24N2O5S/c1-14-10-15(2)24-22(11-14)37-29(30-24)31-25(17-4-7-20(32)8-5-17)23(27(34)28(31)35)26(33)18-6-9-21-19(13-18)12-16(3)36-21/h4-11,13,16,25,32-33H,12H2,1-3H3/t16-,25-/m1/s1. The fourth-order valence-electron chi connectivity index (χ4n) is 5.19. The number of aliphatic hydroxyl groups is 1. The second-order valence-electron chi connectivity index (χ2n) is 9.64. The molecule has 1 fully saturated rings. The monoisotopic (exact) mass is 512 g/mol. The van der Waals surface area contributed by atoms with E-state index in [1.165, 1.54) is 28.4 Å². The summed E-state index contributed by atoms with van der Waals surface area (Å²) in [6.07, 6.45) is 0.720. The van der Waals surface area contributed by atoms with Crippen LogP contribution in [0.1, 0.15) is 40.8 Å². The first-order valence-electron chi connectivity index (χ1n) is 12.0. The molecule has 1 amide bonds. The summed E-state index contributed by atoms with van der Waals surface area (Å²) in [5.41, 5.74) is 4.75. The second-order valence-corrected chi connectivity index (χ2v) is 10.6. The Morgan fingerprint density at radius 1 is 1.08 bits per heavy atom. The van der Waals surface area contributed by atoms with E-state index in [1.807, 2.05) is 32.9 Å². The highest BCUT2D eigenvalue weighted by molar-refractivity contribution is 7.22. The number of aromatic hydroxyl groups is 1. The topological polar surface area (TPSA) is 100.0 Å². The van der Waals surface area contributed by atoms with Crippen LogP contribution in [0.3, 0.4) is 0 Å². The quantitative estimate of drug-likeness (QED) is 0.212. The maximum Gasteiger partial charge on any atom is 0.301 e. The molecule has 6 rings (SSSR count). The Bertz CT molecular complexity index is 1640. The van der Waals surface area contributed by atoms with Crippen LogP contribution in [0.2, 0.25) is 0 Å². The van der Waals surface area contributed by atoms with Gasteiger partial charge in [0.05, 0.1) is 21.8 Å². The average molecular weight is 513 g/mol. The van der Waals surface area contributed by atoms with Crippen LogP contribution in [0, 0.1) is 13.8 Å². The molecule has 3 heterocycles. The van der Waals surface area contributed by atoms with E-state index in [2.05, 4.69) is 0 Å². The lowest BCUT2D eigenvalue weighted by Crippen LogP contribution is -2.29. The molecular weight excluding hydrogens is 488 g/mol. The van der Waals surface area contributed by atoms with Crippen molar-refractivity contribution >= 4 is 44.1 Å². The van der Waals surface area contributed by atoms with Gasteiger partial charge in [-0.05, 0) is 79.4 Å². The highest BCUT2D eigenvalue weighted by Crippen LogP contribution is 2.45. The summed E-state index contributed by atoms with van der Waals surface area (Å²) >= 11 is 1.33. The molecule has 4 aromatic rings. The van der Waals surface area contributed by atoms with Crippen LogP contribution in [0.4, 0.5) is 5.13 Å². The van der Waals surface area contributed by atoms with Gasteiger partial charge in [0.1, 0.15) is 23.4 Å². The summed E-state index contributed by atoms with van der Waals surface area (Å²) in [7, 11) is 0. The zero-order valence-corrected chi connectivity index (χ0v) is 21.3. The molecule has 0 spiro atoms. The second kappa shape index (κ2) is 8.45. The largest absolute Gasteiger partial charge is 0.508 e. The van der Waals surface area contributed by atoms with E-state index in [4.69, 9.17) is 9.72 Å². The Morgan fingerprint density at radius 2 is 1.84 bits per heavy atom. The van der Waals surface area contributed by atoms with Crippen LogP contribution < -0.4 is 9.64 Å².